The number of hydrogen-bond donors (Lipinski definition) is 0. The summed E-state index contributed by atoms with van der Waals surface area (Å²) in [6.45, 7) is 5.31. The van der Waals surface area contributed by atoms with Gasteiger partial charge in [0.1, 0.15) is 0 Å². The Bertz CT molecular complexity index is 346. The number of hydrogen-bond acceptors (Lipinski definition) is 0. The molecule has 4 aliphatic rings. The van der Waals surface area contributed by atoms with Gasteiger partial charge in [-0.15, -0.1) is 0 Å². The fourth-order valence-corrected chi connectivity index (χ4v) is 7.12. The lowest BCUT2D eigenvalue weighted by Gasteiger charge is -2.56. The van der Waals surface area contributed by atoms with Crippen LogP contribution in [-0.2, 0) is 0 Å². The van der Waals surface area contributed by atoms with Crippen LogP contribution in [0.15, 0.2) is 0 Å². The summed E-state index contributed by atoms with van der Waals surface area (Å²) >= 11 is 0. The molecule has 0 aromatic carbocycles. The summed E-state index contributed by atoms with van der Waals surface area (Å²) < 4.78 is 0. The predicted molar refractivity (Wildman–Crippen MR) is 76.3 cm³/mol. The van der Waals surface area contributed by atoms with Gasteiger partial charge in [0.05, 0.1) is 0 Å². The van der Waals surface area contributed by atoms with Crippen molar-refractivity contribution in [1.82, 2.24) is 0 Å². The smallest absolute Gasteiger partial charge is 0.0266 e. The summed E-state index contributed by atoms with van der Waals surface area (Å²) in [5.74, 6) is 4.43. The first-order valence-electron chi connectivity index (χ1n) is 8.63. The molecular formula is C18H30. The fourth-order valence-electron chi connectivity index (χ4n) is 7.12. The van der Waals surface area contributed by atoms with Crippen LogP contribution in [0.1, 0.15) is 78.1 Å². The summed E-state index contributed by atoms with van der Waals surface area (Å²) in [5.41, 5.74) is 1.51. The first kappa shape index (κ1) is 11.8. The van der Waals surface area contributed by atoms with E-state index in [-0.39, 0.29) is 0 Å². The molecule has 0 nitrogen and oxygen atoms in total. The Kier molecular flexibility index (Phi) is 2.47. The molecule has 3 unspecified atom stereocenters. The molecule has 0 aromatic rings. The van der Waals surface area contributed by atoms with E-state index in [4.69, 9.17) is 0 Å². The average Bonchev–Trinajstić information content (AvgIpc) is 2.90. The van der Waals surface area contributed by atoms with Crippen molar-refractivity contribution in [1.29, 1.82) is 0 Å². The van der Waals surface area contributed by atoms with Gasteiger partial charge >= 0.3 is 0 Å². The summed E-state index contributed by atoms with van der Waals surface area (Å²) in [6, 6.07) is 0. The Morgan fingerprint density at radius 3 is 2.44 bits per heavy atom. The van der Waals surface area contributed by atoms with E-state index in [0.29, 0.717) is 0 Å². The van der Waals surface area contributed by atoms with E-state index in [1.54, 1.807) is 51.4 Å². The zero-order chi connectivity index (χ0) is 12.4. The minimum Gasteiger partial charge on any atom is -0.0594 e. The van der Waals surface area contributed by atoms with Crippen molar-refractivity contribution in [2.24, 2.45) is 34.5 Å². The Labute approximate surface area is 113 Å². The Morgan fingerprint density at radius 2 is 1.56 bits per heavy atom. The van der Waals surface area contributed by atoms with Crippen LogP contribution in [0.2, 0.25) is 0 Å². The molecule has 0 saturated heterocycles. The van der Waals surface area contributed by atoms with Crippen LogP contribution < -0.4 is 0 Å². The summed E-state index contributed by atoms with van der Waals surface area (Å²) in [7, 11) is 0. The molecule has 0 heterocycles. The third kappa shape index (κ3) is 1.38. The van der Waals surface area contributed by atoms with Crippen LogP contribution in [0.3, 0.4) is 0 Å². The molecule has 0 amide bonds. The first-order chi connectivity index (χ1) is 8.63. The molecule has 0 N–H and O–H groups in total. The highest BCUT2D eigenvalue weighted by Crippen LogP contribution is 2.66. The van der Waals surface area contributed by atoms with E-state index in [0.717, 1.165) is 34.5 Å². The van der Waals surface area contributed by atoms with Gasteiger partial charge in [-0.2, -0.15) is 0 Å². The summed E-state index contributed by atoms with van der Waals surface area (Å²) in [6.07, 6.45) is 15.6. The average molecular weight is 246 g/mol. The molecule has 4 fully saturated rings. The van der Waals surface area contributed by atoms with E-state index in [1.165, 1.54) is 12.8 Å². The van der Waals surface area contributed by atoms with Gasteiger partial charge in [0.2, 0.25) is 0 Å². The molecule has 18 heavy (non-hydrogen) atoms. The van der Waals surface area contributed by atoms with Crippen LogP contribution in [0.4, 0.5) is 0 Å². The molecule has 0 bridgehead atoms. The highest BCUT2D eigenvalue weighted by atomic mass is 14.6. The van der Waals surface area contributed by atoms with Crippen molar-refractivity contribution in [3.8, 4) is 0 Å². The van der Waals surface area contributed by atoms with E-state index in [9.17, 15) is 0 Å². The molecule has 4 saturated carbocycles. The topological polar surface area (TPSA) is 0 Å². The molecule has 0 radical (unpaired) electrons. The normalized spacial score (nSPS) is 59.0. The minimum absolute atomic E-state index is 0.753. The van der Waals surface area contributed by atoms with E-state index in [2.05, 4.69) is 13.8 Å². The molecule has 0 spiro atoms. The van der Waals surface area contributed by atoms with Gasteiger partial charge in [-0.1, -0.05) is 26.7 Å². The molecule has 0 heteroatoms. The van der Waals surface area contributed by atoms with Crippen molar-refractivity contribution in [2.45, 2.75) is 78.1 Å². The van der Waals surface area contributed by atoms with Crippen molar-refractivity contribution in [3.63, 3.8) is 0 Å². The van der Waals surface area contributed by atoms with E-state index in [1.807, 2.05) is 0 Å². The lowest BCUT2D eigenvalue weighted by Crippen LogP contribution is -2.49. The molecular weight excluding hydrogens is 216 g/mol. The lowest BCUT2D eigenvalue weighted by molar-refractivity contribution is -0.0743. The fraction of sp³-hybridized carbons (Fsp3) is 1.00. The first-order valence-corrected chi connectivity index (χ1v) is 8.63. The monoisotopic (exact) mass is 246 g/mol. The second kappa shape index (κ2) is 3.76. The van der Waals surface area contributed by atoms with Gasteiger partial charge in [-0.25, -0.2) is 0 Å². The van der Waals surface area contributed by atoms with Crippen LogP contribution in [0, 0.1) is 34.5 Å². The molecule has 4 aliphatic carbocycles. The maximum atomic E-state index is 2.68. The number of fused-ring (bicyclic) bond motifs is 5. The van der Waals surface area contributed by atoms with Crippen molar-refractivity contribution >= 4 is 0 Å². The van der Waals surface area contributed by atoms with Crippen LogP contribution in [0.5, 0.6) is 0 Å². The van der Waals surface area contributed by atoms with Crippen molar-refractivity contribution < 1.29 is 0 Å². The quantitative estimate of drug-likeness (QED) is 0.535. The summed E-state index contributed by atoms with van der Waals surface area (Å²) in [4.78, 5) is 0. The molecule has 4 rings (SSSR count). The predicted octanol–water partition coefficient (Wildman–Crippen LogP) is 5.42. The van der Waals surface area contributed by atoms with Gasteiger partial charge in [0.25, 0.3) is 0 Å². The van der Waals surface area contributed by atoms with Gasteiger partial charge in [0, 0.05) is 0 Å². The lowest BCUT2D eigenvalue weighted by atomic mass is 9.48. The maximum Gasteiger partial charge on any atom is -0.0266 e. The molecule has 102 valence electrons. The second-order valence-corrected chi connectivity index (χ2v) is 8.63. The standard InChI is InChI=1S/C18H30/c1-17-10-4-6-15(17)14-8-7-13-5-3-11-18(13,2)16(14)9-12-17/h13-16H,3-12H2,1-2H3/t13-,14?,15?,16?,17+,18+/m1/s1. The zero-order valence-electron chi connectivity index (χ0n) is 12.4. The molecule has 0 aliphatic heterocycles. The molecule has 0 aromatic heterocycles. The van der Waals surface area contributed by atoms with E-state index < -0.39 is 0 Å². The molecule has 6 atom stereocenters. The Balaban J connectivity index is 1.66. The maximum absolute atomic E-state index is 2.68. The van der Waals surface area contributed by atoms with Crippen molar-refractivity contribution in [2.75, 3.05) is 0 Å². The Morgan fingerprint density at radius 1 is 0.722 bits per heavy atom. The SMILES string of the molecule is C[C@@]12CCCC1C1CC[C@H]3CCC[C@]3(C)C1CC2. The highest BCUT2D eigenvalue weighted by molar-refractivity contribution is 5.07. The zero-order valence-corrected chi connectivity index (χ0v) is 12.4. The highest BCUT2D eigenvalue weighted by Gasteiger charge is 2.57. The third-order valence-corrected chi connectivity index (χ3v) is 8.11. The van der Waals surface area contributed by atoms with Gasteiger partial charge in [0.15, 0.2) is 0 Å². The van der Waals surface area contributed by atoms with E-state index >= 15 is 0 Å². The van der Waals surface area contributed by atoms with Gasteiger partial charge in [-0.3, -0.25) is 0 Å². The van der Waals surface area contributed by atoms with Crippen LogP contribution in [-0.4, -0.2) is 0 Å². The Hall–Kier alpha value is 0. The van der Waals surface area contributed by atoms with Crippen LogP contribution >= 0.6 is 0 Å². The third-order valence-electron chi connectivity index (χ3n) is 8.11. The number of rotatable bonds is 0. The van der Waals surface area contributed by atoms with Gasteiger partial charge in [-0.05, 0) is 85.9 Å². The van der Waals surface area contributed by atoms with Crippen molar-refractivity contribution in [3.05, 3.63) is 0 Å². The van der Waals surface area contributed by atoms with Gasteiger partial charge < -0.3 is 0 Å². The minimum atomic E-state index is 0.753. The van der Waals surface area contributed by atoms with Crippen LogP contribution in [0.25, 0.3) is 0 Å². The second-order valence-electron chi connectivity index (χ2n) is 8.63. The summed E-state index contributed by atoms with van der Waals surface area (Å²) in [5, 5.41) is 0. The largest absolute Gasteiger partial charge is 0.0594 e.